The Kier molecular flexibility index (Phi) is 9.88. The normalized spacial score (nSPS) is 11.0. The Morgan fingerprint density at radius 1 is 0.771 bits per heavy atom. The van der Waals surface area contributed by atoms with Crippen LogP contribution in [0.5, 0.6) is 17.2 Å². The van der Waals surface area contributed by atoms with Crippen molar-refractivity contribution in [2.75, 3.05) is 13.7 Å². The van der Waals surface area contributed by atoms with E-state index in [0.717, 1.165) is 36.1 Å². The number of ether oxygens (including phenoxy) is 3. The smallest absolute Gasteiger partial charge is 0.336 e. The highest BCUT2D eigenvalue weighted by Gasteiger charge is 2.04. The summed E-state index contributed by atoms with van der Waals surface area (Å²) >= 11 is 0. The number of hydrogen-bond acceptors (Lipinski definition) is 5. The van der Waals surface area contributed by atoms with Crippen molar-refractivity contribution in [3.05, 3.63) is 102 Å². The highest BCUT2D eigenvalue weighted by Crippen LogP contribution is 2.17. The summed E-state index contributed by atoms with van der Waals surface area (Å²) in [5.74, 6) is 1.29. The quantitative estimate of drug-likeness (QED) is 0.0960. The van der Waals surface area contributed by atoms with Gasteiger partial charge < -0.3 is 14.2 Å². The first-order chi connectivity index (χ1) is 17.1. The van der Waals surface area contributed by atoms with Gasteiger partial charge in [0.2, 0.25) is 0 Å². The molecule has 0 aliphatic heterocycles. The molecule has 0 saturated heterocycles. The molecular weight excluding hydrogens is 440 g/mol. The Morgan fingerprint density at radius 3 is 2.20 bits per heavy atom. The minimum atomic E-state index is -0.486. The second-order valence-electron chi connectivity index (χ2n) is 7.88. The molecule has 0 N–H and O–H groups in total. The van der Waals surface area contributed by atoms with E-state index in [2.05, 4.69) is 6.92 Å². The number of benzene rings is 3. The molecule has 0 aliphatic carbocycles. The zero-order chi connectivity index (χ0) is 24.9. The molecule has 180 valence electrons. The van der Waals surface area contributed by atoms with Gasteiger partial charge in [-0.05, 0) is 78.2 Å². The van der Waals surface area contributed by atoms with Gasteiger partial charge in [-0.3, -0.25) is 4.79 Å². The zero-order valence-electron chi connectivity index (χ0n) is 20.1. The van der Waals surface area contributed by atoms with Crippen LogP contribution in [0.2, 0.25) is 0 Å². The predicted octanol–water partition coefficient (Wildman–Crippen LogP) is 6.78. The molecule has 0 aliphatic rings. The Labute approximate surface area is 206 Å². The van der Waals surface area contributed by atoms with Crippen LogP contribution < -0.4 is 14.2 Å². The maximum Gasteiger partial charge on any atom is 0.336 e. The molecule has 0 spiro atoms. The summed E-state index contributed by atoms with van der Waals surface area (Å²) in [5.41, 5.74) is 2.18. The van der Waals surface area contributed by atoms with Crippen molar-refractivity contribution in [2.45, 2.75) is 26.2 Å². The van der Waals surface area contributed by atoms with Crippen LogP contribution in [0.1, 0.15) is 47.7 Å². The van der Waals surface area contributed by atoms with E-state index in [4.69, 9.17) is 14.2 Å². The van der Waals surface area contributed by atoms with Crippen LogP contribution in [0, 0.1) is 0 Å². The van der Waals surface area contributed by atoms with Crippen LogP contribution >= 0.6 is 0 Å². The van der Waals surface area contributed by atoms with Gasteiger partial charge in [-0.15, -0.1) is 0 Å². The van der Waals surface area contributed by atoms with E-state index in [9.17, 15) is 9.59 Å². The van der Waals surface area contributed by atoms with Crippen molar-refractivity contribution >= 4 is 23.9 Å². The number of carbonyl (C=O) groups excluding carboxylic acids is 2. The lowest BCUT2D eigenvalue weighted by molar-refractivity contribution is -0.128. The zero-order valence-corrected chi connectivity index (χ0v) is 20.1. The first kappa shape index (κ1) is 25.5. The minimum absolute atomic E-state index is 0.129. The monoisotopic (exact) mass is 470 g/mol. The van der Waals surface area contributed by atoms with E-state index in [1.807, 2.05) is 30.3 Å². The third kappa shape index (κ3) is 8.63. The molecule has 0 fully saturated rings. The van der Waals surface area contributed by atoms with Gasteiger partial charge in [-0.1, -0.05) is 50.1 Å². The standard InChI is InChI=1S/C30H30O5/c1-3-4-5-21-34-27-15-9-23(10-16-27)12-20-30(32)35-28-8-6-7-24(22-28)11-19-29(31)25-13-17-26(33-2)18-14-25/h6-20,22H,3-5,21H2,1-2H3/b19-11+,20-12+. The van der Waals surface area contributed by atoms with Crippen LogP contribution in [-0.4, -0.2) is 25.5 Å². The Bertz CT molecular complexity index is 1160. The first-order valence-electron chi connectivity index (χ1n) is 11.7. The number of methoxy groups -OCH3 is 1. The molecular formula is C30H30O5. The molecule has 0 aromatic heterocycles. The lowest BCUT2D eigenvalue weighted by Gasteiger charge is -2.05. The molecule has 0 atom stereocenters. The van der Waals surface area contributed by atoms with Gasteiger partial charge in [0.05, 0.1) is 13.7 Å². The van der Waals surface area contributed by atoms with Crippen molar-refractivity contribution in [3.8, 4) is 17.2 Å². The van der Waals surface area contributed by atoms with Crippen LogP contribution in [0.4, 0.5) is 0 Å². The van der Waals surface area contributed by atoms with Gasteiger partial charge in [0.15, 0.2) is 5.78 Å². The number of allylic oxidation sites excluding steroid dienone is 1. The molecule has 35 heavy (non-hydrogen) atoms. The fourth-order valence-electron chi connectivity index (χ4n) is 3.24. The van der Waals surface area contributed by atoms with Crippen LogP contribution in [0.3, 0.4) is 0 Å². The lowest BCUT2D eigenvalue weighted by atomic mass is 10.1. The number of hydrogen-bond donors (Lipinski definition) is 0. The maximum atomic E-state index is 12.4. The molecule has 5 heteroatoms. The summed E-state index contributed by atoms with van der Waals surface area (Å²) in [4.78, 5) is 24.6. The van der Waals surface area contributed by atoms with Crippen molar-refractivity contribution < 1.29 is 23.8 Å². The van der Waals surface area contributed by atoms with Gasteiger partial charge in [0.25, 0.3) is 0 Å². The Morgan fingerprint density at radius 2 is 1.49 bits per heavy atom. The molecule has 5 nitrogen and oxygen atoms in total. The van der Waals surface area contributed by atoms with Gasteiger partial charge >= 0.3 is 5.97 Å². The molecule has 3 aromatic carbocycles. The van der Waals surface area contributed by atoms with Gasteiger partial charge in [0, 0.05) is 11.6 Å². The van der Waals surface area contributed by atoms with Crippen molar-refractivity contribution in [1.82, 2.24) is 0 Å². The van der Waals surface area contributed by atoms with Crippen LogP contribution in [0.25, 0.3) is 12.2 Å². The van der Waals surface area contributed by atoms with Crippen molar-refractivity contribution in [2.24, 2.45) is 0 Å². The highest BCUT2D eigenvalue weighted by molar-refractivity contribution is 6.06. The van der Waals surface area contributed by atoms with E-state index in [1.54, 1.807) is 61.7 Å². The number of unbranched alkanes of at least 4 members (excludes halogenated alkanes) is 2. The third-order valence-electron chi connectivity index (χ3n) is 5.19. The molecule has 0 heterocycles. The van der Waals surface area contributed by atoms with Gasteiger partial charge in [-0.25, -0.2) is 4.79 Å². The Balaban J connectivity index is 1.53. The van der Waals surface area contributed by atoms with E-state index in [-0.39, 0.29) is 5.78 Å². The second-order valence-corrected chi connectivity index (χ2v) is 7.88. The number of ketones is 1. The first-order valence-corrected chi connectivity index (χ1v) is 11.7. The summed E-state index contributed by atoms with van der Waals surface area (Å²) in [7, 11) is 1.58. The van der Waals surface area contributed by atoms with Crippen molar-refractivity contribution in [3.63, 3.8) is 0 Å². The molecule has 0 unspecified atom stereocenters. The van der Waals surface area contributed by atoms with E-state index in [1.165, 1.54) is 12.2 Å². The average Bonchev–Trinajstić information content (AvgIpc) is 2.89. The topological polar surface area (TPSA) is 61.8 Å². The SMILES string of the molecule is CCCCCOc1ccc(/C=C/C(=O)Oc2cccc(/C=C/C(=O)c3ccc(OC)cc3)c2)cc1. The number of carbonyl (C=O) groups is 2. The predicted molar refractivity (Wildman–Crippen MR) is 139 cm³/mol. The summed E-state index contributed by atoms with van der Waals surface area (Å²) in [5, 5.41) is 0. The average molecular weight is 471 g/mol. The minimum Gasteiger partial charge on any atom is -0.497 e. The third-order valence-corrected chi connectivity index (χ3v) is 5.19. The molecule has 3 aromatic rings. The largest absolute Gasteiger partial charge is 0.497 e. The fourth-order valence-corrected chi connectivity index (χ4v) is 3.24. The molecule has 0 radical (unpaired) electrons. The summed E-state index contributed by atoms with van der Waals surface area (Å²) in [6, 6.07) is 21.5. The summed E-state index contributed by atoms with van der Waals surface area (Å²) in [6.45, 7) is 2.87. The second kappa shape index (κ2) is 13.6. The maximum absolute atomic E-state index is 12.4. The molecule has 3 rings (SSSR count). The van der Waals surface area contributed by atoms with Gasteiger partial charge in [-0.2, -0.15) is 0 Å². The van der Waals surface area contributed by atoms with E-state index < -0.39 is 5.97 Å². The van der Waals surface area contributed by atoms with Gasteiger partial charge in [0.1, 0.15) is 17.2 Å². The highest BCUT2D eigenvalue weighted by atomic mass is 16.5. The number of esters is 1. The van der Waals surface area contributed by atoms with E-state index in [0.29, 0.717) is 23.7 Å². The number of rotatable bonds is 12. The molecule has 0 saturated carbocycles. The summed E-state index contributed by atoms with van der Waals surface area (Å²) < 4.78 is 16.2. The Hall–Kier alpha value is -4.12. The van der Waals surface area contributed by atoms with Crippen LogP contribution in [-0.2, 0) is 4.79 Å². The fraction of sp³-hybridized carbons (Fsp3) is 0.200. The lowest BCUT2D eigenvalue weighted by Crippen LogP contribution is -2.03. The van der Waals surface area contributed by atoms with E-state index >= 15 is 0 Å². The van der Waals surface area contributed by atoms with Crippen molar-refractivity contribution in [1.29, 1.82) is 0 Å². The van der Waals surface area contributed by atoms with Crippen LogP contribution in [0.15, 0.2) is 84.9 Å². The molecule has 0 bridgehead atoms. The molecule has 0 amide bonds. The summed E-state index contributed by atoms with van der Waals surface area (Å²) in [6.07, 6.45) is 9.61.